The van der Waals surface area contributed by atoms with Gasteiger partial charge in [-0.2, -0.15) is 0 Å². The minimum absolute atomic E-state index is 0.0903. The van der Waals surface area contributed by atoms with Gasteiger partial charge in [-0.15, -0.1) is 0 Å². The monoisotopic (exact) mass is 348 g/mol. The fourth-order valence-electron chi connectivity index (χ4n) is 2.87. The van der Waals surface area contributed by atoms with Crippen LogP contribution in [0, 0.1) is 0 Å². The van der Waals surface area contributed by atoms with E-state index in [1.54, 1.807) is 12.0 Å². The Morgan fingerprint density at radius 2 is 2.21 bits per heavy atom. The van der Waals surface area contributed by atoms with E-state index in [2.05, 4.69) is 5.32 Å². The minimum Gasteiger partial charge on any atom is -0.459 e. The van der Waals surface area contributed by atoms with Crippen LogP contribution >= 0.6 is 11.6 Å². The Balaban J connectivity index is 1.57. The van der Waals surface area contributed by atoms with E-state index in [-0.39, 0.29) is 12.1 Å². The van der Waals surface area contributed by atoms with Gasteiger partial charge >= 0.3 is 6.03 Å². The normalized spacial score (nSPS) is 17.8. The fourth-order valence-corrected chi connectivity index (χ4v) is 3.10. The highest BCUT2D eigenvalue weighted by atomic mass is 35.5. The number of methoxy groups -OCH3 is 1. The number of hydrogen-bond donors (Lipinski definition) is 1. The minimum atomic E-state index is -0.0903. The number of nitrogens with one attached hydrogen (secondary N) is 1. The van der Waals surface area contributed by atoms with Crippen molar-refractivity contribution in [3.05, 3.63) is 47.2 Å². The maximum absolute atomic E-state index is 12.3. The van der Waals surface area contributed by atoms with Gasteiger partial charge in [0.1, 0.15) is 11.5 Å². The predicted octanol–water partition coefficient (Wildman–Crippen LogP) is 3.92. The molecule has 24 heavy (non-hydrogen) atoms. The van der Waals surface area contributed by atoms with Gasteiger partial charge in [0, 0.05) is 25.8 Å². The maximum Gasteiger partial charge on any atom is 0.317 e. The number of piperidine rings is 1. The van der Waals surface area contributed by atoms with Crippen molar-refractivity contribution in [2.75, 3.05) is 20.2 Å². The lowest BCUT2D eigenvalue weighted by Crippen LogP contribution is -2.47. The summed E-state index contributed by atoms with van der Waals surface area (Å²) in [6, 6.07) is 11.1. The molecule has 0 spiro atoms. The van der Waals surface area contributed by atoms with Crippen molar-refractivity contribution in [1.29, 1.82) is 0 Å². The second-order valence-electron chi connectivity index (χ2n) is 5.85. The quantitative estimate of drug-likeness (QED) is 0.911. The van der Waals surface area contributed by atoms with Gasteiger partial charge in [-0.1, -0.05) is 23.7 Å². The lowest BCUT2D eigenvalue weighted by molar-refractivity contribution is 0.0433. The molecule has 128 valence electrons. The summed E-state index contributed by atoms with van der Waals surface area (Å²) in [5.41, 5.74) is 0.843. The van der Waals surface area contributed by atoms with Crippen LogP contribution < -0.4 is 5.32 Å². The van der Waals surface area contributed by atoms with Crippen molar-refractivity contribution in [3.8, 4) is 11.3 Å². The van der Waals surface area contributed by atoms with E-state index < -0.39 is 0 Å². The van der Waals surface area contributed by atoms with E-state index in [1.807, 2.05) is 36.4 Å². The van der Waals surface area contributed by atoms with E-state index in [4.69, 9.17) is 20.8 Å². The third-order valence-corrected chi connectivity index (χ3v) is 4.54. The predicted molar refractivity (Wildman–Crippen MR) is 93.0 cm³/mol. The van der Waals surface area contributed by atoms with Crippen molar-refractivity contribution >= 4 is 17.6 Å². The van der Waals surface area contributed by atoms with Crippen LogP contribution in [0.2, 0.25) is 5.02 Å². The molecule has 2 aromatic rings. The molecule has 0 bridgehead atoms. The average Bonchev–Trinajstić information content (AvgIpc) is 3.09. The zero-order valence-electron chi connectivity index (χ0n) is 13.6. The number of benzene rings is 1. The van der Waals surface area contributed by atoms with Crippen LogP contribution in [-0.2, 0) is 11.3 Å². The standard InChI is InChI=1S/C18H21ClN2O3/c1-23-14-5-4-10-21(12-14)18(22)20-11-13-8-9-17(24-13)15-6-2-3-7-16(15)19/h2-3,6-9,14H,4-5,10-12H2,1H3,(H,20,22)/t14-/m0/s1. The highest BCUT2D eigenvalue weighted by Gasteiger charge is 2.23. The Kier molecular flexibility index (Phi) is 5.43. The number of furan rings is 1. The summed E-state index contributed by atoms with van der Waals surface area (Å²) in [6.07, 6.45) is 2.09. The number of ether oxygens (including phenoxy) is 1. The summed E-state index contributed by atoms with van der Waals surface area (Å²) < 4.78 is 11.1. The SMILES string of the molecule is CO[C@H]1CCCN(C(=O)NCc2ccc(-c3ccccc3Cl)o2)C1. The Morgan fingerprint density at radius 3 is 3.00 bits per heavy atom. The first-order valence-electron chi connectivity index (χ1n) is 8.06. The third-order valence-electron chi connectivity index (χ3n) is 4.21. The molecular formula is C18H21ClN2O3. The molecule has 2 heterocycles. The Bertz CT molecular complexity index is 701. The number of likely N-dealkylation sites (tertiary alicyclic amines) is 1. The van der Waals surface area contributed by atoms with Gasteiger partial charge in [0.15, 0.2) is 0 Å². The first-order valence-corrected chi connectivity index (χ1v) is 8.44. The summed E-state index contributed by atoms with van der Waals surface area (Å²) in [4.78, 5) is 14.0. The van der Waals surface area contributed by atoms with E-state index in [0.717, 1.165) is 24.9 Å². The number of carbonyl (C=O) groups excluding carboxylic acids is 1. The molecule has 0 radical (unpaired) electrons. The molecule has 2 amide bonds. The maximum atomic E-state index is 12.3. The van der Waals surface area contributed by atoms with Gasteiger partial charge in [-0.25, -0.2) is 4.79 Å². The molecule has 0 aliphatic carbocycles. The van der Waals surface area contributed by atoms with Crippen molar-refractivity contribution in [2.24, 2.45) is 0 Å². The average molecular weight is 349 g/mol. The van der Waals surface area contributed by atoms with Crippen LogP contribution in [0.1, 0.15) is 18.6 Å². The lowest BCUT2D eigenvalue weighted by Gasteiger charge is -2.31. The van der Waals surface area contributed by atoms with Crippen molar-refractivity contribution < 1.29 is 13.9 Å². The van der Waals surface area contributed by atoms with Crippen LogP contribution in [-0.4, -0.2) is 37.2 Å². The van der Waals surface area contributed by atoms with Crippen molar-refractivity contribution in [2.45, 2.75) is 25.5 Å². The van der Waals surface area contributed by atoms with Crippen LogP contribution in [0.3, 0.4) is 0 Å². The highest BCUT2D eigenvalue weighted by molar-refractivity contribution is 6.33. The number of hydrogen-bond acceptors (Lipinski definition) is 3. The van der Waals surface area contributed by atoms with Gasteiger partial charge in [0.05, 0.1) is 17.7 Å². The molecule has 3 rings (SSSR count). The van der Waals surface area contributed by atoms with Crippen LogP contribution in [0.25, 0.3) is 11.3 Å². The van der Waals surface area contributed by atoms with Gasteiger partial charge in [-0.3, -0.25) is 0 Å². The Morgan fingerprint density at radius 1 is 1.38 bits per heavy atom. The number of rotatable bonds is 4. The third kappa shape index (κ3) is 3.91. The van der Waals surface area contributed by atoms with E-state index >= 15 is 0 Å². The summed E-state index contributed by atoms with van der Waals surface area (Å²) in [7, 11) is 1.69. The molecule has 0 saturated carbocycles. The second-order valence-corrected chi connectivity index (χ2v) is 6.26. The topological polar surface area (TPSA) is 54.7 Å². The number of amides is 2. The summed E-state index contributed by atoms with van der Waals surface area (Å²) in [6.45, 7) is 1.73. The van der Waals surface area contributed by atoms with E-state index in [0.29, 0.717) is 29.6 Å². The summed E-state index contributed by atoms with van der Waals surface area (Å²) in [5, 5.41) is 3.54. The highest BCUT2D eigenvalue weighted by Crippen LogP contribution is 2.29. The zero-order chi connectivity index (χ0) is 16.9. The second kappa shape index (κ2) is 7.73. The number of halogens is 1. The van der Waals surface area contributed by atoms with E-state index in [9.17, 15) is 4.79 Å². The van der Waals surface area contributed by atoms with Crippen molar-refractivity contribution in [1.82, 2.24) is 10.2 Å². The molecular weight excluding hydrogens is 328 g/mol. The lowest BCUT2D eigenvalue weighted by atomic mass is 10.1. The number of urea groups is 1. The van der Waals surface area contributed by atoms with Crippen LogP contribution in [0.15, 0.2) is 40.8 Å². The molecule has 1 saturated heterocycles. The van der Waals surface area contributed by atoms with Crippen molar-refractivity contribution in [3.63, 3.8) is 0 Å². The summed E-state index contributed by atoms with van der Waals surface area (Å²) in [5.74, 6) is 1.39. The van der Waals surface area contributed by atoms with E-state index in [1.165, 1.54) is 0 Å². The first kappa shape index (κ1) is 16.9. The first-order chi connectivity index (χ1) is 11.7. The van der Waals surface area contributed by atoms with Gasteiger partial charge in [0.25, 0.3) is 0 Å². The van der Waals surface area contributed by atoms with Crippen LogP contribution in [0.5, 0.6) is 0 Å². The molecule has 6 heteroatoms. The molecule has 1 N–H and O–H groups in total. The molecule has 1 atom stereocenters. The summed E-state index contributed by atoms with van der Waals surface area (Å²) >= 11 is 6.18. The smallest absolute Gasteiger partial charge is 0.317 e. The van der Waals surface area contributed by atoms with Gasteiger partial charge in [-0.05, 0) is 37.1 Å². The van der Waals surface area contributed by atoms with Gasteiger partial charge < -0.3 is 19.4 Å². The molecule has 1 aliphatic heterocycles. The molecule has 1 aromatic heterocycles. The Hall–Kier alpha value is -1.98. The molecule has 1 fully saturated rings. The fraction of sp³-hybridized carbons (Fsp3) is 0.389. The van der Waals surface area contributed by atoms with Crippen LogP contribution in [0.4, 0.5) is 4.79 Å². The zero-order valence-corrected chi connectivity index (χ0v) is 14.4. The molecule has 1 aromatic carbocycles. The van der Waals surface area contributed by atoms with Gasteiger partial charge in [0.2, 0.25) is 0 Å². The number of carbonyl (C=O) groups is 1. The number of nitrogens with zero attached hydrogens (tertiary/aromatic N) is 1. The molecule has 1 aliphatic rings. The largest absolute Gasteiger partial charge is 0.459 e. The molecule has 5 nitrogen and oxygen atoms in total. The Labute approximate surface area is 146 Å². The molecule has 0 unspecified atom stereocenters.